The largest absolute Gasteiger partial charge is 0.375 e. The number of thiophene rings is 1. The van der Waals surface area contributed by atoms with Crippen LogP contribution in [-0.2, 0) is 4.74 Å². The fourth-order valence-electron chi connectivity index (χ4n) is 3.79. The number of nitrogens with zero attached hydrogens (tertiary/aromatic N) is 1. The molecule has 4 heteroatoms. The lowest BCUT2D eigenvalue weighted by atomic mass is 9.88. The average Bonchev–Trinajstić information content (AvgIpc) is 3.13. The fraction of sp³-hybridized carbons (Fsp3) is 0.500. The number of carbonyl (C=O) groups is 1. The maximum atomic E-state index is 12.9. The number of rotatable bonds is 1. The maximum Gasteiger partial charge on any atom is 0.264 e. The summed E-state index contributed by atoms with van der Waals surface area (Å²) in [6.07, 6.45) is 4.31. The zero-order valence-corrected chi connectivity index (χ0v) is 13.7. The molecule has 4 rings (SSSR count). The van der Waals surface area contributed by atoms with E-state index in [1.54, 1.807) is 11.3 Å². The summed E-state index contributed by atoms with van der Waals surface area (Å²) >= 11 is 1.63. The molecule has 0 aliphatic carbocycles. The summed E-state index contributed by atoms with van der Waals surface area (Å²) in [5.41, 5.74) is 1.20. The molecule has 0 atom stereocenters. The highest BCUT2D eigenvalue weighted by Gasteiger charge is 2.39. The Bertz CT molecular complexity index is 705. The van der Waals surface area contributed by atoms with E-state index in [1.165, 1.54) is 16.5 Å². The van der Waals surface area contributed by atoms with E-state index in [9.17, 15) is 4.79 Å². The van der Waals surface area contributed by atoms with Crippen molar-refractivity contribution in [2.24, 2.45) is 0 Å². The predicted molar refractivity (Wildman–Crippen MR) is 89.6 cm³/mol. The Balaban J connectivity index is 1.55. The Kier molecular flexibility index (Phi) is 3.46. The summed E-state index contributed by atoms with van der Waals surface area (Å²) in [4.78, 5) is 15.8. The second-order valence-electron chi connectivity index (χ2n) is 6.48. The zero-order chi connectivity index (χ0) is 15.2. The van der Waals surface area contributed by atoms with Gasteiger partial charge in [-0.2, -0.15) is 0 Å². The van der Waals surface area contributed by atoms with Crippen LogP contribution in [0, 0.1) is 6.92 Å². The highest BCUT2D eigenvalue weighted by molar-refractivity contribution is 7.21. The van der Waals surface area contributed by atoms with Crippen LogP contribution in [0.5, 0.6) is 0 Å². The number of likely N-dealkylation sites (tertiary alicyclic amines) is 1. The van der Waals surface area contributed by atoms with Gasteiger partial charge in [0, 0.05) is 24.4 Å². The van der Waals surface area contributed by atoms with E-state index in [-0.39, 0.29) is 11.5 Å². The van der Waals surface area contributed by atoms with E-state index < -0.39 is 0 Å². The molecule has 0 saturated carbocycles. The van der Waals surface area contributed by atoms with Crippen molar-refractivity contribution < 1.29 is 9.53 Å². The van der Waals surface area contributed by atoms with Crippen molar-refractivity contribution in [1.29, 1.82) is 0 Å². The molecule has 1 aromatic carbocycles. The molecule has 2 aliphatic heterocycles. The molecule has 0 unspecified atom stereocenters. The predicted octanol–water partition coefficient (Wildman–Crippen LogP) is 3.99. The minimum atomic E-state index is 0.0754. The van der Waals surface area contributed by atoms with Crippen LogP contribution in [0.15, 0.2) is 24.3 Å². The quantitative estimate of drug-likeness (QED) is 0.796. The fourth-order valence-corrected chi connectivity index (χ4v) is 4.97. The number of ether oxygens (including phenoxy) is 1. The summed E-state index contributed by atoms with van der Waals surface area (Å²) in [5, 5.41) is 1.21. The SMILES string of the molecule is Cc1c(C(=O)N2CCC3(CCCO3)CC2)sc2ccccc12. The van der Waals surface area contributed by atoms with Crippen molar-refractivity contribution in [2.75, 3.05) is 19.7 Å². The monoisotopic (exact) mass is 315 g/mol. The van der Waals surface area contributed by atoms with Gasteiger partial charge in [0.1, 0.15) is 0 Å². The molecule has 22 heavy (non-hydrogen) atoms. The highest BCUT2D eigenvalue weighted by Crippen LogP contribution is 2.37. The van der Waals surface area contributed by atoms with Gasteiger partial charge in [-0.3, -0.25) is 4.79 Å². The molecule has 3 heterocycles. The van der Waals surface area contributed by atoms with E-state index in [4.69, 9.17) is 4.74 Å². The number of fused-ring (bicyclic) bond motifs is 1. The number of amides is 1. The van der Waals surface area contributed by atoms with Gasteiger partial charge in [0.05, 0.1) is 10.5 Å². The first kappa shape index (κ1) is 14.2. The molecule has 2 aliphatic rings. The molecule has 0 radical (unpaired) electrons. The lowest BCUT2D eigenvalue weighted by Gasteiger charge is -2.38. The molecule has 0 bridgehead atoms. The van der Waals surface area contributed by atoms with Gasteiger partial charge in [-0.1, -0.05) is 18.2 Å². The Morgan fingerprint density at radius 3 is 2.68 bits per heavy atom. The van der Waals surface area contributed by atoms with Gasteiger partial charge in [-0.05, 0) is 49.6 Å². The standard InChI is InChI=1S/C18H21NO2S/c1-13-14-5-2-3-6-15(14)22-16(13)17(20)19-10-8-18(9-11-19)7-4-12-21-18/h2-3,5-6H,4,7-12H2,1H3. The molecule has 1 amide bonds. The average molecular weight is 315 g/mol. The van der Waals surface area contributed by atoms with Crippen molar-refractivity contribution in [3.8, 4) is 0 Å². The third-order valence-corrected chi connectivity index (χ3v) is 6.45. The van der Waals surface area contributed by atoms with Crippen LogP contribution in [0.25, 0.3) is 10.1 Å². The van der Waals surface area contributed by atoms with Crippen molar-refractivity contribution in [3.05, 3.63) is 34.7 Å². The number of aryl methyl sites for hydroxylation is 1. The number of benzene rings is 1. The van der Waals surface area contributed by atoms with Crippen LogP contribution in [0.3, 0.4) is 0 Å². The minimum Gasteiger partial charge on any atom is -0.375 e. The summed E-state index contributed by atoms with van der Waals surface area (Å²) in [7, 11) is 0. The van der Waals surface area contributed by atoms with Crippen molar-refractivity contribution in [1.82, 2.24) is 4.90 Å². The summed E-state index contributed by atoms with van der Waals surface area (Å²) in [5.74, 6) is 0.201. The lowest BCUT2D eigenvalue weighted by Crippen LogP contribution is -2.46. The first-order chi connectivity index (χ1) is 10.7. The van der Waals surface area contributed by atoms with E-state index in [0.717, 1.165) is 49.4 Å². The number of piperidine rings is 1. The maximum absolute atomic E-state index is 12.9. The summed E-state index contributed by atoms with van der Waals surface area (Å²) < 4.78 is 7.16. The first-order valence-corrected chi connectivity index (χ1v) is 8.92. The van der Waals surface area contributed by atoms with Gasteiger partial charge >= 0.3 is 0 Å². The van der Waals surface area contributed by atoms with Crippen molar-refractivity contribution in [2.45, 2.75) is 38.2 Å². The Hall–Kier alpha value is -1.39. The lowest BCUT2D eigenvalue weighted by molar-refractivity contribution is -0.0386. The normalized spacial score (nSPS) is 20.9. The van der Waals surface area contributed by atoms with Crippen LogP contribution < -0.4 is 0 Å². The van der Waals surface area contributed by atoms with Gasteiger partial charge in [0.2, 0.25) is 0 Å². The molecule has 0 N–H and O–H groups in total. The van der Waals surface area contributed by atoms with Gasteiger partial charge in [-0.25, -0.2) is 0 Å². The van der Waals surface area contributed by atoms with Gasteiger partial charge in [-0.15, -0.1) is 11.3 Å². The van der Waals surface area contributed by atoms with E-state index >= 15 is 0 Å². The smallest absolute Gasteiger partial charge is 0.264 e. The number of hydrogen-bond acceptors (Lipinski definition) is 3. The first-order valence-electron chi connectivity index (χ1n) is 8.10. The molecule has 2 fully saturated rings. The van der Waals surface area contributed by atoms with Gasteiger partial charge < -0.3 is 9.64 Å². The van der Waals surface area contributed by atoms with Crippen LogP contribution >= 0.6 is 11.3 Å². The Labute approximate surface area is 134 Å². The van der Waals surface area contributed by atoms with Crippen molar-refractivity contribution in [3.63, 3.8) is 0 Å². The second kappa shape index (κ2) is 5.36. The summed E-state index contributed by atoms with van der Waals surface area (Å²) in [6, 6.07) is 8.28. The second-order valence-corrected chi connectivity index (χ2v) is 7.53. The topological polar surface area (TPSA) is 29.5 Å². The molecule has 1 spiro atoms. The third kappa shape index (κ3) is 2.25. The van der Waals surface area contributed by atoms with Crippen LogP contribution in [0.4, 0.5) is 0 Å². The van der Waals surface area contributed by atoms with Crippen LogP contribution in [0.2, 0.25) is 0 Å². The molecule has 2 saturated heterocycles. The molecular weight excluding hydrogens is 294 g/mol. The van der Waals surface area contributed by atoms with Crippen LogP contribution in [-0.4, -0.2) is 36.1 Å². The third-order valence-electron chi connectivity index (χ3n) is 5.18. The van der Waals surface area contributed by atoms with Crippen molar-refractivity contribution >= 4 is 27.3 Å². The van der Waals surface area contributed by atoms with E-state index in [1.807, 2.05) is 17.0 Å². The Morgan fingerprint density at radius 2 is 2.00 bits per heavy atom. The van der Waals surface area contributed by atoms with Crippen LogP contribution in [0.1, 0.15) is 40.9 Å². The number of hydrogen-bond donors (Lipinski definition) is 0. The van der Waals surface area contributed by atoms with Gasteiger partial charge in [0.25, 0.3) is 5.91 Å². The molecule has 116 valence electrons. The Morgan fingerprint density at radius 1 is 1.23 bits per heavy atom. The van der Waals surface area contributed by atoms with E-state index in [0.29, 0.717) is 0 Å². The highest BCUT2D eigenvalue weighted by atomic mass is 32.1. The zero-order valence-electron chi connectivity index (χ0n) is 12.9. The minimum absolute atomic E-state index is 0.0754. The molecular formula is C18H21NO2S. The van der Waals surface area contributed by atoms with Gasteiger partial charge in [0.15, 0.2) is 0 Å². The number of carbonyl (C=O) groups excluding carboxylic acids is 1. The molecule has 2 aromatic rings. The molecule has 1 aromatic heterocycles. The van der Waals surface area contributed by atoms with E-state index in [2.05, 4.69) is 19.1 Å². The molecule has 3 nitrogen and oxygen atoms in total. The summed E-state index contributed by atoms with van der Waals surface area (Å²) in [6.45, 7) is 4.61.